The third-order valence-electron chi connectivity index (χ3n) is 5.83. The molecule has 0 aliphatic carbocycles. The van der Waals surface area contributed by atoms with E-state index in [9.17, 15) is 18.0 Å². The largest absolute Gasteiger partial charge is 0.364 e. The van der Waals surface area contributed by atoms with Gasteiger partial charge in [-0.15, -0.1) is 0 Å². The predicted octanol–water partition coefficient (Wildman–Crippen LogP) is 7.61. The number of anilines is 1. The normalized spacial score (nSPS) is 11.3. The summed E-state index contributed by atoms with van der Waals surface area (Å²) in [6.07, 6.45) is 14.3. The zero-order valence-corrected chi connectivity index (χ0v) is 32.2. The van der Waals surface area contributed by atoms with Gasteiger partial charge < -0.3 is 21.3 Å². The van der Waals surface area contributed by atoms with E-state index in [1.165, 1.54) is 67.2 Å². The molecule has 0 atom stereocenters. The molecule has 0 saturated carbocycles. The van der Waals surface area contributed by atoms with Crippen LogP contribution in [0.1, 0.15) is 128 Å². The van der Waals surface area contributed by atoms with Crippen LogP contribution in [0.3, 0.4) is 0 Å². The molecule has 2 heterocycles. The van der Waals surface area contributed by atoms with Gasteiger partial charge >= 0.3 is 6.03 Å². The second-order valence-electron chi connectivity index (χ2n) is 10.2. The van der Waals surface area contributed by atoms with Crippen LogP contribution in [0.15, 0.2) is 36.7 Å². The highest BCUT2D eigenvalue weighted by molar-refractivity contribution is 7.89. The number of amides is 3. The number of nitrogens with zero attached hydrogens (tertiary/aromatic N) is 4. The molecule has 0 radical (unpaired) electrons. The van der Waals surface area contributed by atoms with Crippen LogP contribution in [-0.4, -0.2) is 74.9 Å². The molecule has 46 heavy (non-hydrogen) atoms. The Kier molecular flexibility index (Phi) is 34.3. The highest BCUT2D eigenvalue weighted by Crippen LogP contribution is 2.26. The molecule has 0 bridgehead atoms. The number of aromatic nitrogens is 2. The number of aryl methyl sites for hydroxylation is 1. The average Bonchev–Trinajstić information content (AvgIpc) is 3.04. The smallest absolute Gasteiger partial charge is 0.314 e. The highest BCUT2D eigenvalue weighted by Gasteiger charge is 2.13. The second kappa shape index (κ2) is 31.8. The number of carbonyl (C=O) groups is 2. The minimum atomic E-state index is -2.67. The van der Waals surface area contributed by atoms with E-state index >= 15 is 0 Å². The molecule has 3 rings (SSSR count). The van der Waals surface area contributed by atoms with Crippen LogP contribution in [0.25, 0.3) is 0 Å². The highest BCUT2D eigenvalue weighted by atomic mass is 32.2. The molecule has 1 aromatic heterocycles. The fraction of sp³-hybridized carbons (Fsp3) is 0.657. The second-order valence-corrected chi connectivity index (χ2v) is 12.5. The van der Waals surface area contributed by atoms with Gasteiger partial charge in [-0.05, 0) is 50.5 Å². The van der Waals surface area contributed by atoms with E-state index in [4.69, 9.17) is 11.5 Å². The Hall–Kier alpha value is -3.21. The fourth-order valence-corrected chi connectivity index (χ4v) is 3.75. The molecule has 1 aliphatic rings. The molecule has 0 spiro atoms. The number of nitrogens with two attached hydrogens (primary N) is 2. The van der Waals surface area contributed by atoms with Gasteiger partial charge in [-0.25, -0.2) is 23.2 Å². The van der Waals surface area contributed by atoms with Gasteiger partial charge in [0.1, 0.15) is 21.3 Å². The Labute approximate surface area is 282 Å². The lowest BCUT2D eigenvalue weighted by molar-refractivity contribution is 0.0995. The van der Waals surface area contributed by atoms with E-state index in [1.54, 1.807) is 20.3 Å². The van der Waals surface area contributed by atoms with Crippen molar-refractivity contribution in [3.05, 3.63) is 53.5 Å². The number of carbonyl (C=O) groups excluding carboxylic acids is 2. The number of piperidine rings is 1. The maximum Gasteiger partial charge on any atom is 0.314 e. The van der Waals surface area contributed by atoms with E-state index in [-0.39, 0.29) is 5.69 Å². The van der Waals surface area contributed by atoms with Gasteiger partial charge in [0.2, 0.25) is 0 Å². The molecule has 4 N–H and O–H groups in total. The van der Waals surface area contributed by atoms with Gasteiger partial charge in [0, 0.05) is 39.7 Å². The first-order chi connectivity index (χ1) is 21.7. The monoisotopic (exact) mass is 669 g/mol. The lowest BCUT2D eigenvalue weighted by Crippen LogP contribution is -2.30. The summed E-state index contributed by atoms with van der Waals surface area (Å²) in [5.41, 5.74) is 12.9. The minimum absolute atomic E-state index is 0.218. The van der Waals surface area contributed by atoms with E-state index in [1.807, 2.05) is 41.5 Å². The molecule has 1 saturated heterocycles. The molecule has 0 unspecified atom stereocenters. The zero-order valence-electron chi connectivity index (χ0n) is 31.4. The van der Waals surface area contributed by atoms with Crippen molar-refractivity contribution < 1.29 is 18.0 Å². The van der Waals surface area contributed by atoms with Crippen LogP contribution < -0.4 is 16.4 Å². The number of hydrogen-bond donors (Lipinski definition) is 2. The molecule has 1 fully saturated rings. The van der Waals surface area contributed by atoms with Crippen molar-refractivity contribution in [3.8, 4) is 0 Å². The summed E-state index contributed by atoms with van der Waals surface area (Å²) in [4.78, 5) is 32.3. The Bertz CT molecular complexity index is 1070. The van der Waals surface area contributed by atoms with Crippen molar-refractivity contribution in [1.29, 1.82) is 0 Å². The van der Waals surface area contributed by atoms with E-state index in [0.717, 1.165) is 37.3 Å². The summed E-state index contributed by atoms with van der Waals surface area (Å²) >= 11 is 0. The van der Waals surface area contributed by atoms with Crippen LogP contribution in [0.4, 0.5) is 10.6 Å². The Morgan fingerprint density at radius 2 is 1.24 bits per heavy atom. The number of rotatable bonds is 7. The van der Waals surface area contributed by atoms with E-state index in [2.05, 4.69) is 59.9 Å². The zero-order chi connectivity index (χ0) is 36.7. The number of urea groups is 1. The van der Waals surface area contributed by atoms with Gasteiger partial charge in [-0.1, -0.05) is 98.1 Å². The van der Waals surface area contributed by atoms with Gasteiger partial charge in [0.25, 0.3) is 5.91 Å². The van der Waals surface area contributed by atoms with Crippen LogP contribution in [0.5, 0.6) is 0 Å². The van der Waals surface area contributed by atoms with Crippen molar-refractivity contribution in [2.45, 2.75) is 113 Å². The number of benzene rings is 1. The topological polar surface area (TPSA) is 153 Å². The minimum Gasteiger partial charge on any atom is -0.364 e. The van der Waals surface area contributed by atoms with Crippen molar-refractivity contribution in [1.82, 2.24) is 14.9 Å². The Morgan fingerprint density at radius 3 is 1.54 bits per heavy atom. The lowest BCUT2D eigenvalue weighted by Gasteiger charge is -2.27. The molecule has 10 nitrogen and oxygen atoms in total. The maximum atomic E-state index is 10.8. The summed E-state index contributed by atoms with van der Waals surface area (Å²) in [5.74, 6) is 1.08. The van der Waals surface area contributed by atoms with Crippen LogP contribution >= 0.6 is 0 Å². The van der Waals surface area contributed by atoms with Gasteiger partial charge in [0.15, 0.2) is 0 Å². The summed E-state index contributed by atoms with van der Waals surface area (Å²) in [6.45, 7) is 20.7. The Morgan fingerprint density at radius 1 is 0.826 bits per heavy atom. The van der Waals surface area contributed by atoms with E-state index in [0.29, 0.717) is 0 Å². The summed E-state index contributed by atoms with van der Waals surface area (Å²) in [7, 11) is 0.532. The van der Waals surface area contributed by atoms with Crippen molar-refractivity contribution in [3.63, 3.8) is 0 Å². The lowest BCUT2D eigenvalue weighted by atomic mass is 9.90. The summed E-state index contributed by atoms with van der Waals surface area (Å²) in [6, 6.07) is 8.65. The van der Waals surface area contributed by atoms with Crippen LogP contribution in [-0.2, 0) is 9.84 Å². The average molecular weight is 669 g/mol. The predicted molar refractivity (Wildman–Crippen MR) is 198 cm³/mol. The molecule has 2 aromatic rings. The molecular weight excluding hydrogens is 600 g/mol. The molecule has 11 heteroatoms. The molecular formula is C35H68N6O4S. The van der Waals surface area contributed by atoms with E-state index < -0.39 is 21.8 Å². The number of hydrogen-bond acceptors (Lipinski definition) is 7. The first kappa shape index (κ1) is 49.7. The van der Waals surface area contributed by atoms with Gasteiger partial charge in [-0.2, -0.15) is 0 Å². The van der Waals surface area contributed by atoms with Gasteiger partial charge in [0.05, 0.1) is 12.4 Å². The van der Waals surface area contributed by atoms with Crippen LogP contribution in [0, 0.1) is 6.92 Å². The van der Waals surface area contributed by atoms with Crippen molar-refractivity contribution in [2.24, 2.45) is 11.5 Å². The summed E-state index contributed by atoms with van der Waals surface area (Å²) in [5, 5.41) is 0. The fourth-order valence-electron chi connectivity index (χ4n) is 3.75. The molecule has 1 aliphatic heterocycles. The molecule has 1 aromatic carbocycles. The SMILES string of the molecule is CC.CC.CC.CCCC(CCC)c1ccc(C)cc1.CN(C)C(N)=O.CS(C)(=O)=O.NC(=O)c1cnc(N2CCCCC2)cn1. The standard InChI is InChI=1S/C14H22.C10H14N4O.C3H8N2O.C2H6O2S.3C2H6/c1-4-6-13(7-5-2)14-10-8-12(3)9-11-14;11-10(15)8-6-13-9(7-12-8)14-4-2-1-3-5-14;1-5(2)3(4)6;1-5(2,3)4;3*1-2/h8-11,13H,4-7H2,1-3H3;6-7H,1-5H2,(H2,11,15);1-2H3,(H2,4,6);1-2H3;3*1-2H3. The third kappa shape index (κ3) is 29.5. The number of sulfone groups is 1. The third-order valence-corrected chi connectivity index (χ3v) is 5.83. The summed E-state index contributed by atoms with van der Waals surface area (Å²) < 4.78 is 19.3. The quantitative estimate of drug-likeness (QED) is 0.308. The first-order valence-corrected chi connectivity index (χ1v) is 19.0. The maximum absolute atomic E-state index is 10.8. The van der Waals surface area contributed by atoms with Crippen molar-refractivity contribution in [2.75, 3.05) is 44.6 Å². The number of primary amides is 2. The first-order valence-electron chi connectivity index (χ1n) is 16.7. The Balaban J connectivity index is -0.000000261. The van der Waals surface area contributed by atoms with Gasteiger partial charge in [-0.3, -0.25) is 4.79 Å². The molecule has 3 amide bonds. The van der Waals surface area contributed by atoms with Crippen molar-refractivity contribution >= 4 is 27.6 Å². The molecule has 268 valence electrons. The van der Waals surface area contributed by atoms with Crippen LogP contribution in [0.2, 0.25) is 0 Å².